The van der Waals surface area contributed by atoms with Crippen LogP contribution < -0.4 is 24.8 Å². The van der Waals surface area contributed by atoms with Crippen LogP contribution in [0.2, 0.25) is 0 Å². The third-order valence-corrected chi connectivity index (χ3v) is 5.66. The van der Waals surface area contributed by atoms with Gasteiger partial charge in [0.25, 0.3) is 0 Å². The van der Waals surface area contributed by atoms with Crippen molar-refractivity contribution < 1.29 is 51.0 Å². The fraction of sp³-hybridized carbons (Fsp3) is 0.636. The summed E-state index contributed by atoms with van der Waals surface area (Å²) in [6.07, 6.45) is 17.6. The normalized spacial score (nSPS) is 15.6. The maximum absolute atomic E-state index is 3.38. The second kappa shape index (κ2) is 12.7. The standard InChI is InChI=1S/2C11H17.2ClH.Zr/c2*1-9(2)11(3,4)10-7-5-6-8-10;;;/h2*5,7,9H,6H2,1-4H3;2*1H;/q2*-1;;;+4/p-2. The van der Waals surface area contributed by atoms with Crippen LogP contribution >= 0.6 is 0 Å². The Bertz CT molecular complexity index is 446. The quantitative estimate of drug-likeness (QED) is 0.543. The molecule has 140 valence electrons. The van der Waals surface area contributed by atoms with Crippen LogP contribution in [-0.2, 0) is 26.2 Å². The van der Waals surface area contributed by atoms with E-state index in [2.05, 4.69) is 91.8 Å². The zero-order valence-corrected chi connectivity index (χ0v) is 21.1. The zero-order valence-electron chi connectivity index (χ0n) is 17.1. The van der Waals surface area contributed by atoms with E-state index in [1.54, 1.807) is 0 Å². The number of hydrogen-bond acceptors (Lipinski definition) is 0. The molecule has 2 aliphatic carbocycles. The molecule has 0 amide bonds. The smallest absolute Gasteiger partial charge is 1.00 e. The second-order valence-corrected chi connectivity index (χ2v) is 8.15. The summed E-state index contributed by atoms with van der Waals surface area (Å²) in [6, 6.07) is 0. The summed E-state index contributed by atoms with van der Waals surface area (Å²) in [5, 5.41) is 0. The number of hydrogen-bond donors (Lipinski definition) is 0. The van der Waals surface area contributed by atoms with Gasteiger partial charge in [0, 0.05) is 0 Å². The van der Waals surface area contributed by atoms with Crippen molar-refractivity contribution in [1.29, 1.82) is 0 Å². The van der Waals surface area contributed by atoms with Gasteiger partial charge < -0.3 is 24.8 Å². The van der Waals surface area contributed by atoms with Crippen molar-refractivity contribution in [2.24, 2.45) is 22.7 Å². The molecule has 0 aromatic rings. The second-order valence-electron chi connectivity index (χ2n) is 8.15. The number of halogens is 2. The van der Waals surface area contributed by atoms with Crippen molar-refractivity contribution in [3.8, 4) is 0 Å². The minimum atomic E-state index is 0. The van der Waals surface area contributed by atoms with Gasteiger partial charge in [0.15, 0.2) is 0 Å². The summed E-state index contributed by atoms with van der Waals surface area (Å²) in [6.45, 7) is 18.2. The molecule has 0 aliphatic heterocycles. The summed E-state index contributed by atoms with van der Waals surface area (Å²) >= 11 is 0. The average Bonchev–Trinajstić information content (AvgIpc) is 3.13. The Morgan fingerprint density at radius 1 is 0.720 bits per heavy atom. The molecular formula is C22H34Cl2Zr. The fourth-order valence-electron chi connectivity index (χ4n) is 2.32. The molecule has 0 N–H and O–H groups in total. The maximum Gasteiger partial charge on any atom is 4.00 e. The predicted octanol–water partition coefficient (Wildman–Crippen LogP) is 0.722. The fourth-order valence-corrected chi connectivity index (χ4v) is 2.32. The Morgan fingerprint density at radius 2 is 1.00 bits per heavy atom. The van der Waals surface area contributed by atoms with E-state index in [4.69, 9.17) is 0 Å². The topological polar surface area (TPSA) is 0 Å². The van der Waals surface area contributed by atoms with Gasteiger partial charge in [-0.3, -0.25) is 12.2 Å². The van der Waals surface area contributed by atoms with Gasteiger partial charge >= 0.3 is 26.2 Å². The molecule has 0 spiro atoms. The first kappa shape index (κ1) is 30.2. The molecule has 0 saturated heterocycles. The van der Waals surface area contributed by atoms with E-state index in [1.165, 1.54) is 11.1 Å². The van der Waals surface area contributed by atoms with Gasteiger partial charge in [-0.25, -0.2) is 23.3 Å². The van der Waals surface area contributed by atoms with Crippen LogP contribution in [0.5, 0.6) is 0 Å². The third-order valence-electron chi connectivity index (χ3n) is 5.66. The molecule has 0 unspecified atom stereocenters. The molecule has 0 heterocycles. The third kappa shape index (κ3) is 8.32. The van der Waals surface area contributed by atoms with Crippen LogP contribution in [0.25, 0.3) is 0 Å². The minimum absolute atomic E-state index is 0. The summed E-state index contributed by atoms with van der Waals surface area (Å²) in [5.74, 6) is 1.38. The van der Waals surface area contributed by atoms with Gasteiger partial charge in [-0.1, -0.05) is 55.4 Å². The van der Waals surface area contributed by atoms with Gasteiger partial charge in [0.05, 0.1) is 0 Å². The van der Waals surface area contributed by atoms with E-state index >= 15 is 0 Å². The van der Waals surface area contributed by atoms with E-state index in [9.17, 15) is 0 Å². The van der Waals surface area contributed by atoms with Crippen molar-refractivity contribution in [3.63, 3.8) is 0 Å². The van der Waals surface area contributed by atoms with Crippen LogP contribution in [0.15, 0.2) is 35.5 Å². The van der Waals surface area contributed by atoms with E-state index < -0.39 is 0 Å². The van der Waals surface area contributed by atoms with Crippen LogP contribution in [-0.4, -0.2) is 0 Å². The van der Waals surface area contributed by atoms with Crippen LogP contribution in [0, 0.1) is 34.8 Å². The van der Waals surface area contributed by atoms with Crippen molar-refractivity contribution >= 4 is 0 Å². The SMILES string of the molecule is CC(C)C(C)(C)C1=[C-]CC=C1.CC(C)C(C)(C)C1=[C-]CC=C1.[Cl-].[Cl-].[Zr+4]. The molecule has 2 rings (SSSR count). The average molecular weight is 461 g/mol. The van der Waals surface area contributed by atoms with Gasteiger partial charge in [-0.05, 0) is 22.7 Å². The van der Waals surface area contributed by atoms with Crippen LogP contribution in [0.3, 0.4) is 0 Å². The number of allylic oxidation sites excluding steroid dienone is 8. The van der Waals surface area contributed by atoms with Crippen LogP contribution in [0.1, 0.15) is 68.2 Å². The van der Waals surface area contributed by atoms with Gasteiger partial charge in [-0.2, -0.15) is 12.2 Å². The minimum Gasteiger partial charge on any atom is -1.00 e. The monoisotopic (exact) mass is 458 g/mol. The molecule has 25 heavy (non-hydrogen) atoms. The van der Waals surface area contributed by atoms with Gasteiger partial charge in [0.1, 0.15) is 0 Å². The first-order valence-electron chi connectivity index (χ1n) is 8.65. The summed E-state index contributed by atoms with van der Waals surface area (Å²) in [4.78, 5) is 0. The number of rotatable bonds is 4. The zero-order chi connectivity index (χ0) is 17.0. The van der Waals surface area contributed by atoms with Gasteiger partial charge in [-0.15, -0.1) is 12.8 Å². The van der Waals surface area contributed by atoms with Crippen molar-refractivity contribution in [2.45, 2.75) is 68.2 Å². The van der Waals surface area contributed by atoms with Crippen molar-refractivity contribution in [3.05, 3.63) is 47.6 Å². The summed E-state index contributed by atoms with van der Waals surface area (Å²) in [5.41, 5.74) is 3.36. The van der Waals surface area contributed by atoms with E-state index in [0.717, 1.165) is 12.8 Å². The molecule has 0 nitrogen and oxygen atoms in total. The largest absolute Gasteiger partial charge is 4.00 e. The summed E-state index contributed by atoms with van der Waals surface area (Å²) in [7, 11) is 0. The van der Waals surface area contributed by atoms with Crippen LogP contribution in [0.4, 0.5) is 0 Å². The Labute approximate surface area is 188 Å². The Morgan fingerprint density at radius 3 is 1.16 bits per heavy atom. The molecule has 3 heteroatoms. The van der Waals surface area contributed by atoms with Crippen molar-refractivity contribution in [2.75, 3.05) is 0 Å². The van der Waals surface area contributed by atoms with E-state index in [1.807, 2.05) is 0 Å². The molecule has 0 fully saturated rings. The molecule has 0 saturated carbocycles. The molecule has 0 atom stereocenters. The maximum atomic E-state index is 3.38. The first-order valence-corrected chi connectivity index (χ1v) is 8.65. The summed E-state index contributed by atoms with van der Waals surface area (Å²) < 4.78 is 0. The van der Waals surface area contributed by atoms with Gasteiger partial charge in [0.2, 0.25) is 0 Å². The van der Waals surface area contributed by atoms with Crippen molar-refractivity contribution in [1.82, 2.24) is 0 Å². The molecule has 0 bridgehead atoms. The molecule has 0 radical (unpaired) electrons. The predicted molar refractivity (Wildman–Crippen MR) is 98.3 cm³/mol. The Balaban J connectivity index is -0.000000346. The van der Waals surface area contributed by atoms with E-state index in [0.29, 0.717) is 22.7 Å². The molecule has 2 aliphatic rings. The Kier molecular flexibility index (Phi) is 15.4. The molecule has 0 aromatic heterocycles. The molecule has 0 aromatic carbocycles. The van der Waals surface area contributed by atoms with E-state index in [-0.39, 0.29) is 51.0 Å². The Hall–Kier alpha value is 0.423. The first-order chi connectivity index (χ1) is 10.1. The molecular weight excluding hydrogens is 426 g/mol.